The van der Waals surface area contributed by atoms with Crippen molar-refractivity contribution in [3.05, 3.63) is 59.4 Å². The van der Waals surface area contributed by atoms with Crippen molar-refractivity contribution < 1.29 is 23.9 Å². The number of carboxylic acids is 1. The van der Waals surface area contributed by atoms with Crippen LogP contribution in [0, 0.1) is 17.7 Å². The molecule has 2 rings (SSSR count). The Kier molecular flexibility index (Phi) is 6.55. The molecule has 0 spiro atoms. The smallest absolute Gasteiger partial charge is 0.381 e. The Hall–Kier alpha value is -3.80. The van der Waals surface area contributed by atoms with Crippen molar-refractivity contribution in [3.8, 4) is 11.8 Å². The maximum Gasteiger partial charge on any atom is 0.381 e. The fourth-order valence-electron chi connectivity index (χ4n) is 1.96. The molecule has 0 bridgehead atoms. The first kappa shape index (κ1) is 19.5. The minimum absolute atomic E-state index is 0.0264. The van der Waals surface area contributed by atoms with Crippen molar-refractivity contribution in [2.24, 2.45) is 0 Å². The molecule has 9 heteroatoms. The van der Waals surface area contributed by atoms with Crippen LogP contribution in [-0.2, 0) is 11.3 Å². The molecule has 8 nitrogen and oxygen atoms in total. The average Bonchev–Trinajstić information content (AvgIpc) is 2.65. The molecule has 1 aromatic heterocycles. The first-order chi connectivity index (χ1) is 12.8. The summed E-state index contributed by atoms with van der Waals surface area (Å²) in [7, 11) is 0. The van der Waals surface area contributed by atoms with E-state index in [1.54, 1.807) is 0 Å². The van der Waals surface area contributed by atoms with Crippen LogP contribution in [0.1, 0.15) is 33.5 Å². The second-order valence-electron chi connectivity index (χ2n) is 5.37. The van der Waals surface area contributed by atoms with E-state index < -0.39 is 23.8 Å². The van der Waals surface area contributed by atoms with Gasteiger partial charge in [-0.2, -0.15) is 0 Å². The van der Waals surface area contributed by atoms with E-state index >= 15 is 0 Å². The summed E-state index contributed by atoms with van der Waals surface area (Å²) in [5, 5.41) is 13.5. The highest BCUT2D eigenvalue weighted by atomic mass is 19.1. The molecule has 0 aliphatic heterocycles. The molecule has 1 atom stereocenters. The minimum Gasteiger partial charge on any atom is -0.472 e. The highest BCUT2D eigenvalue weighted by molar-refractivity contribution is 5.97. The van der Waals surface area contributed by atoms with Crippen LogP contribution in [0.25, 0.3) is 0 Å². The van der Waals surface area contributed by atoms with E-state index in [2.05, 4.69) is 26.5 Å². The van der Waals surface area contributed by atoms with Crippen molar-refractivity contribution in [1.29, 1.82) is 0 Å². The molecule has 138 valence electrons. The highest BCUT2D eigenvalue weighted by Crippen LogP contribution is 2.04. The van der Waals surface area contributed by atoms with Crippen LogP contribution in [0.5, 0.6) is 0 Å². The number of aromatic nitrogens is 2. The van der Waals surface area contributed by atoms with Crippen LogP contribution in [0.3, 0.4) is 0 Å². The third-order valence-corrected chi connectivity index (χ3v) is 3.24. The Balaban J connectivity index is 2.00. The summed E-state index contributed by atoms with van der Waals surface area (Å²) in [5.41, 5.74) is 0.602. The number of hydrogen-bond donors (Lipinski definition) is 3. The van der Waals surface area contributed by atoms with Crippen molar-refractivity contribution in [3.63, 3.8) is 0 Å². The molecule has 3 N–H and O–H groups in total. The van der Waals surface area contributed by atoms with E-state index in [4.69, 9.17) is 5.11 Å². The van der Waals surface area contributed by atoms with Crippen LogP contribution >= 0.6 is 0 Å². The normalized spacial score (nSPS) is 10.9. The number of carboxylic acid groups (broad SMARTS) is 1. The lowest BCUT2D eigenvalue weighted by atomic mass is 10.2. The van der Waals surface area contributed by atoms with Gasteiger partial charge in [0.2, 0.25) is 0 Å². The number of carbonyl (C=O) groups excluding carboxylic acids is 2. The van der Waals surface area contributed by atoms with E-state index in [0.29, 0.717) is 5.56 Å². The summed E-state index contributed by atoms with van der Waals surface area (Å²) >= 11 is 0. The molecule has 0 saturated carbocycles. The van der Waals surface area contributed by atoms with Gasteiger partial charge >= 0.3 is 5.97 Å². The van der Waals surface area contributed by atoms with E-state index in [1.807, 2.05) is 5.92 Å². The molecule has 27 heavy (non-hydrogen) atoms. The number of hydrogen-bond acceptors (Lipinski definition) is 5. The van der Waals surface area contributed by atoms with Gasteiger partial charge in [-0.25, -0.2) is 19.2 Å². The van der Waals surface area contributed by atoms with Gasteiger partial charge in [0.15, 0.2) is 0 Å². The Morgan fingerprint density at radius 1 is 1.15 bits per heavy atom. The van der Waals surface area contributed by atoms with Crippen molar-refractivity contribution in [1.82, 2.24) is 20.6 Å². The predicted octanol–water partition coefficient (Wildman–Crippen LogP) is 0.752. The van der Waals surface area contributed by atoms with E-state index in [9.17, 15) is 18.8 Å². The number of carbonyl (C=O) groups is 3. The topological polar surface area (TPSA) is 121 Å². The molecule has 1 heterocycles. The number of nitrogens with zero attached hydrogens (tertiary/aromatic N) is 2. The number of benzene rings is 1. The number of amides is 2. The molecule has 0 fully saturated rings. The summed E-state index contributed by atoms with van der Waals surface area (Å²) < 4.78 is 12.9. The Bertz CT molecular complexity index is 919. The second kappa shape index (κ2) is 9.05. The zero-order chi connectivity index (χ0) is 19.8. The van der Waals surface area contributed by atoms with Crippen molar-refractivity contribution in [2.45, 2.75) is 19.5 Å². The fraction of sp³-hybridized carbons (Fsp3) is 0.167. The van der Waals surface area contributed by atoms with Gasteiger partial charge in [-0.1, -0.05) is 18.1 Å². The molecule has 2 amide bonds. The van der Waals surface area contributed by atoms with Crippen LogP contribution in [-0.4, -0.2) is 38.9 Å². The molecule has 0 aliphatic rings. The monoisotopic (exact) mass is 370 g/mol. The third kappa shape index (κ3) is 6.21. The number of halogens is 1. The molecular weight excluding hydrogens is 355 g/mol. The maximum atomic E-state index is 12.9. The summed E-state index contributed by atoms with van der Waals surface area (Å²) in [6, 6.07) is 6.11. The quantitative estimate of drug-likeness (QED) is 0.668. The third-order valence-electron chi connectivity index (χ3n) is 3.24. The number of aliphatic carboxylic acids is 1. The van der Waals surface area contributed by atoms with Gasteiger partial charge in [0.25, 0.3) is 11.8 Å². The van der Waals surface area contributed by atoms with Crippen LogP contribution in [0.2, 0.25) is 0 Å². The Labute approximate surface area is 153 Å². The summed E-state index contributed by atoms with van der Waals surface area (Å²) in [4.78, 5) is 42.3. The van der Waals surface area contributed by atoms with Gasteiger partial charge in [0.05, 0.1) is 6.04 Å². The van der Waals surface area contributed by atoms with Gasteiger partial charge in [0.1, 0.15) is 23.5 Å². The highest BCUT2D eigenvalue weighted by Gasteiger charge is 2.14. The first-order valence-electron chi connectivity index (χ1n) is 7.75. The van der Waals surface area contributed by atoms with E-state index in [0.717, 1.165) is 6.33 Å². The van der Waals surface area contributed by atoms with Crippen LogP contribution in [0.4, 0.5) is 4.39 Å². The lowest BCUT2D eigenvalue weighted by Gasteiger charge is -2.08. The lowest BCUT2D eigenvalue weighted by molar-refractivity contribution is -0.130. The minimum atomic E-state index is -1.31. The summed E-state index contributed by atoms with van der Waals surface area (Å²) in [5.74, 6) is 1.39. The maximum absolute atomic E-state index is 12.9. The van der Waals surface area contributed by atoms with E-state index in [-0.39, 0.29) is 23.7 Å². The molecule has 2 aromatic rings. The van der Waals surface area contributed by atoms with Gasteiger partial charge in [-0.3, -0.25) is 9.59 Å². The first-order valence-corrected chi connectivity index (χ1v) is 7.75. The zero-order valence-corrected chi connectivity index (χ0v) is 14.2. The zero-order valence-electron chi connectivity index (χ0n) is 14.2. The molecule has 0 aliphatic carbocycles. The largest absolute Gasteiger partial charge is 0.472 e. The van der Waals surface area contributed by atoms with Crippen molar-refractivity contribution in [2.75, 3.05) is 0 Å². The van der Waals surface area contributed by atoms with E-state index in [1.165, 1.54) is 37.3 Å². The lowest BCUT2D eigenvalue weighted by Crippen LogP contribution is -2.32. The van der Waals surface area contributed by atoms with Gasteiger partial charge in [0, 0.05) is 18.5 Å². The average molecular weight is 370 g/mol. The fourth-order valence-corrected chi connectivity index (χ4v) is 1.96. The second-order valence-corrected chi connectivity index (χ2v) is 5.37. The van der Waals surface area contributed by atoms with Crippen LogP contribution < -0.4 is 10.6 Å². The number of nitrogens with one attached hydrogen (secondary N) is 2. The summed E-state index contributed by atoms with van der Waals surface area (Å²) in [6.45, 7) is 1.66. The molecule has 0 saturated heterocycles. The molecule has 1 aromatic carbocycles. The van der Waals surface area contributed by atoms with Crippen molar-refractivity contribution >= 4 is 17.8 Å². The van der Waals surface area contributed by atoms with Gasteiger partial charge in [-0.05, 0) is 24.6 Å². The van der Waals surface area contributed by atoms with Crippen LogP contribution in [0.15, 0.2) is 36.7 Å². The Morgan fingerprint density at radius 2 is 1.78 bits per heavy atom. The standard InChI is InChI=1S/C18H15FN4O4/c1-11(2-7-16(24)25)23-18(27)15-8-14(21-10-22-15)17(26)20-9-12-3-5-13(19)6-4-12/h3-6,8,10-11H,9H2,1H3,(H,20,26)(H,23,27)(H,24,25)/t11-/m0/s1. The SMILES string of the molecule is C[C@@H](C#CC(=O)O)NC(=O)c1cc(C(=O)NCc2ccc(F)cc2)ncn1. The summed E-state index contributed by atoms with van der Waals surface area (Å²) in [6.07, 6.45) is 1.06. The number of rotatable bonds is 5. The molecule has 0 radical (unpaired) electrons. The molecular formula is C18H15FN4O4. The molecule has 0 unspecified atom stereocenters. The predicted molar refractivity (Wildman–Crippen MR) is 91.9 cm³/mol. The van der Waals surface area contributed by atoms with Gasteiger partial charge < -0.3 is 15.7 Å². The Morgan fingerprint density at radius 3 is 2.41 bits per heavy atom. The van der Waals surface area contributed by atoms with Gasteiger partial charge in [-0.15, -0.1) is 0 Å².